The number of hydrogen-bond acceptors (Lipinski definition) is 4. The second kappa shape index (κ2) is 3.13. The van der Waals surface area contributed by atoms with Gasteiger partial charge < -0.3 is 14.9 Å². The van der Waals surface area contributed by atoms with Crippen molar-refractivity contribution in [1.29, 1.82) is 0 Å². The second-order valence-corrected chi connectivity index (χ2v) is 2.24. The van der Waals surface area contributed by atoms with Crippen LogP contribution in [-0.2, 0) is 0 Å². The SMILES string of the molecule is O=c1[nH]c(OC(F)(F)F)cc(O)c1O. The first-order valence-electron chi connectivity index (χ1n) is 3.20. The summed E-state index contributed by atoms with van der Waals surface area (Å²) in [5.41, 5.74) is -1.27. The van der Waals surface area contributed by atoms with E-state index < -0.39 is 29.3 Å². The molecular formula is C6H4F3NO4. The number of nitrogens with one attached hydrogen (secondary N) is 1. The fourth-order valence-electron chi connectivity index (χ4n) is 0.696. The third kappa shape index (κ3) is 2.31. The van der Waals surface area contributed by atoms with E-state index in [1.54, 1.807) is 4.98 Å². The Balaban J connectivity index is 3.08. The largest absolute Gasteiger partial charge is 0.574 e. The molecule has 0 fully saturated rings. The van der Waals surface area contributed by atoms with Crippen molar-refractivity contribution in [2.45, 2.75) is 6.36 Å². The minimum Gasteiger partial charge on any atom is -0.504 e. The summed E-state index contributed by atoms with van der Waals surface area (Å²) >= 11 is 0. The molecule has 0 amide bonds. The molecule has 0 unspecified atom stereocenters. The topological polar surface area (TPSA) is 82.6 Å². The molecule has 1 heterocycles. The van der Waals surface area contributed by atoms with Crippen molar-refractivity contribution < 1.29 is 28.1 Å². The van der Waals surface area contributed by atoms with Crippen molar-refractivity contribution in [3.63, 3.8) is 0 Å². The van der Waals surface area contributed by atoms with E-state index in [0.717, 1.165) is 0 Å². The zero-order valence-electron chi connectivity index (χ0n) is 6.42. The Morgan fingerprint density at radius 1 is 1.36 bits per heavy atom. The average molecular weight is 211 g/mol. The maximum absolute atomic E-state index is 11.6. The molecule has 3 N–H and O–H groups in total. The third-order valence-electron chi connectivity index (χ3n) is 1.19. The van der Waals surface area contributed by atoms with Gasteiger partial charge in [0.15, 0.2) is 5.75 Å². The summed E-state index contributed by atoms with van der Waals surface area (Å²) < 4.78 is 38.1. The summed E-state index contributed by atoms with van der Waals surface area (Å²) in [5, 5.41) is 17.5. The molecule has 0 aliphatic rings. The van der Waals surface area contributed by atoms with E-state index >= 15 is 0 Å². The van der Waals surface area contributed by atoms with Crippen LogP contribution in [0.5, 0.6) is 17.4 Å². The minimum absolute atomic E-state index is 0.435. The van der Waals surface area contributed by atoms with Gasteiger partial charge in [-0.1, -0.05) is 0 Å². The number of aromatic hydroxyl groups is 2. The number of pyridine rings is 1. The van der Waals surface area contributed by atoms with E-state index in [-0.39, 0.29) is 0 Å². The average Bonchev–Trinajstić information content (AvgIpc) is 1.96. The molecule has 0 radical (unpaired) electrons. The fraction of sp³-hybridized carbons (Fsp3) is 0.167. The molecule has 0 aliphatic heterocycles. The molecule has 5 nitrogen and oxygen atoms in total. The molecule has 0 atom stereocenters. The Kier molecular flexibility index (Phi) is 2.28. The maximum Gasteiger partial charge on any atom is 0.574 e. The number of rotatable bonds is 1. The Morgan fingerprint density at radius 3 is 2.36 bits per heavy atom. The van der Waals surface area contributed by atoms with Crippen LogP contribution in [0.1, 0.15) is 0 Å². The lowest BCUT2D eigenvalue weighted by molar-refractivity contribution is -0.276. The zero-order chi connectivity index (χ0) is 10.9. The van der Waals surface area contributed by atoms with Crippen LogP contribution >= 0.6 is 0 Å². The smallest absolute Gasteiger partial charge is 0.504 e. The maximum atomic E-state index is 11.6. The summed E-state index contributed by atoms with van der Waals surface area (Å²) in [7, 11) is 0. The van der Waals surface area contributed by atoms with Crippen molar-refractivity contribution in [2.24, 2.45) is 0 Å². The zero-order valence-corrected chi connectivity index (χ0v) is 6.42. The highest BCUT2D eigenvalue weighted by Gasteiger charge is 2.32. The van der Waals surface area contributed by atoms with Gasteiger partial charge in [-0.25, -0.2) is 0 Å². The van der Waals surface area contributed by atoms with Crippen molar-refractivity contribution in [3.05, 3.63) is 16.4 Å². The van der Waals surface area contributed by atoms with Gasteiger partial charge in [-0.3, -0.25) is 9.78 Å². The standard InChI is InChI=1S/C6H4F3NO4/c7-6(8,9)14-3-1-2(11)4(12)5(13)10-3/h1,12H,(H2,10,11,13). The van der Waals surface area contributed by atoms with Crippen LogP contribution < -0.4 is 10.3 Å². The summed E-state index contributed by atoms with van der Waals surface area (Å²) in [5.74, 6) is -3.06. The van der Waals surface area contributed by atoms with E-state index in [2.05, 4.69) is 4.74 Å². The number of alkyl halides is 3. The third-order valence-corrected chi connectivity index (χ3v) is 1.19. The van der Waals surface area contributed by atoms with Gasteiger partial charge in [0, 0.05) is 6.07 Å². The van der Waals surface area contributed by atoms with Crippen LogP contribution in [0, 0.1) is 0 Å². The predicted octanol–water partition coefficient (Wildman–Crippen LogP) is 0.685. The van der Waals surface area contributed by atoms with Gasteiger partial charge in [0.25, 0.3) is 5.56 Å². The highest BCUT2D eigenvalue weighted by atomic mass is 19.4. The van der Waals surface area contributed by atoms with E-state index in [0.29, 0.717) is 6.07 Å². The molecule has 0 saturated heterocycles. The molecule has 0 spiro atoms. The first-order chi connectivity index (χ1) is 6.29. The predicted molar refractivity (Wildman–Crippen MR) is 37.1 cm³/mol. The lowest BCUT2D eigenvalue weighted by Crippen LogP contribution is -2.20. The number of aromatic amines is 1. The van der Waals surface area contributed by atoms with Gasteiger partial charge in [0.1, 0.15) is 0 Å². The molecule has 1 aromatic rings. The quantitative estimate of drug-likeness (QED) is 0.638. The van der Waals surface area contributed by atoms with Crippen LogP contribution in [0.3, 0.4) is 0 Å². The first-order valence-corrected chi connectivity index (χ1v) is 3.20. The van der Waals surface area contributed by atoms with Crippen LogP contribution in [0.4, 0.5) is 13.2 Å². The van der Waals surface area contributed by atoms with Gasteiger partial charge in [0.05, 0.1) is 0 Å². The summed E-state index contributed by atoms with van der Waals surface area (Å²) in [4.78, 5) is 12.2. The summed E-state index contributed by atoms with van der Waals surface area (Å²) in [6.07, 6.45) is -4.98. The van der Waals surface area contributed by atoms with Crippen LogP contribution in [-0.4, -0.2) is 21.6 Å². The van der Waals surface area contributed by atoms with Crippen LogP contribution in [0.25, 0.3) is 0 Å². The van der Waals surface area contributed by atoms with Crippen molar-refractivity contribution >= 4 is 0 Å². The van der Waals surface area contributed by atoms with E-state index in [9.17, 15) is 18.0 Å². The highest BCUT2D eigenvalue weighted by Crippen LogP contribution is 2.26. The first kappa shape index (κ1) is 10.2. The van der Waals surface area contributed by atoms with Crippen molar-refractivity contribution in [1.82, 2.24) is 4.98 Å². The molecule has 0 aliphatic carbocycles. The second-order valence-electron chi connectivity index (χ2n) is 2.24. The van der Waals surface area contributed by atoms with Crippen LogP contribution in [0.15, 0.2) is 10.9 Å². The lowest BCUT2D eigenvalue weighted by atomic mass is 10.4. The Morgan fingerprint density at radius 2 is 1.93 bits per heavy atom. The summed E-state index contributed by atoms with van der Waals surface area (Å²) in [6.45, 7) is 0. The Bertz CT molecular complexity index is 397. The van der Waals surface area contributed by atoms with Gasteiger partial charge in [-0.05, 0) is 0 Å². The monoisotopic (exact) mass is 211 g/mol. The number of hydrogen-bond donors (Lipinski definition) is 3. The molecule has 1 aromatic heterocycles. The molecule has 0 bridgehead atoms. The molecule has 78 valence electrons. The van der Waals surface area contributed by atoms with Gasteiger partial charge in [-0.15, -0.1) is 13.2 Å². The molecule has 0 saturated carbocycles. The van der Waals surface area contributed by atoms with E-state index in [1.807, 2.05) is 0 Å². The number of aromatic nitrogens is 1. The molecular weight excluding hydrogens is 207 g/mol. The minimum atomic E-state index is -4.98. The summed E-state index contributed by atoms with van der Waals surface area (Å²) in [6, 6.07) is 0.435. The van der Waals surface area contributed by atoms with E-state index in [1.165, 1.54) is 0 Å². The fourth-order valence-corrected chi connectivity index (χ4v) is 0.696. The van der Waals surface area contributed by atoms with Crippen molar-refractivity contribution in [3.8, 4) is 17.4 Å². The van der Waals surface area contributed by atoms with Gasteiger partial charge in [0.2, 0.25) is 11.6 Å². The molecule has 1 rings (SSSR count). The number of ether oxygens (including phenoxy) is 1. The highest BCUT2D eigenvalue weighted by molar-refractivity contribution is 5.38. The normalized spacial score (nSPS) is 11.4. The lowest BCUT2D eigenvalue weighted by Gasteiger charge is -2.08. The van der Waals surface area contributed by atoms with E-state index in [4.69, 9.17) is 10.2 Å². The molecule has 8 heteroatoms. The molecule has 0 aromatic carbocycles. The van der Waals surface area contributed by atoms with Gasteiger partial charge >= 0.3 is 6.36 Å². The van der Waals surface area contributed by atoms with Crippen molar-refractivity contribution in [2.75, 3.05) is 0 Å². The van der Waals surface area contributed by atoms with Gasteiger partial charge in [-0.2, -0.15) is 0 Å². The van der Waals surface area contributed by atoms with Crippen LogP contribution in [0.2, 0.25) is 0 Å². The number of halogens is 3. The Hall–Kier alpha value is -1.86. The number of H-pyrrole nitrogens is 1. The molecule has 14 heavy (non-hydrogen) atoms. The Labute approximate surface area is 74.4 Å².